The quantitative estimate of drug-likeness (QED) is 0.838. The molecule has 7 heteroatoms. The smallest absolute Gasteiger partial charge is 0.144 e. The summed E-state index contributed by atoms with van der Waals surface area (Å²) >= 11 is 5.58. The zero-order valence-electron chi connectivity index (χ0n) is 7.46. The van der Waals surface area contributed by atoms with Crippen LogP contribution >= 0.6 is 36.4 Å². The first-order chi connectivity index (χ1) is 6.20. The maximum absolute atomic E-state index is 13.0. The van der Waals surface area contributed by atoms with E-state index in [1.165, 1.54) is 12.1 Å². The molecule has 2 aromatic rings. The first-order valence-electron chi connectivity index (χ1n) is 3.74. The van der Waals surface area contributed by atoms with Crippen LogP contribution in [0.15, 0.2) is 12.1 Å². The first kappa shape index (κ1) is 14.5. The van der Waals surface area contributed by atoms with Gasteiger partial charge in [-0.25, -0.2) is 9.37 Å². The number of aromatic nitrogens is 2. The van der Waals surface area contributed by atoms with E-state index in [1.54, 1.807) is 0 Å². The number of halogens is 4. The molecule has 3 nitrogen and oxygen atoms in total. The maximum atomic E-state index is 13.0. The average Bonchev–Trinajstić information content (AvgIpc) is 2.48. The third kappa shape index (κ3) is 2.72. The Kier molecular flexibility index (Phi) is 5.31. The van der Waals surface area contributed by atoms with Crippen molar-refractivity contribution in [3.8, 4) is 0 Å². The summed E-state index contributed by atoms with van der Waals surface area (Å²) in [6, 6.07) is 2.78. The number of hydrogen-bond acceptors (Lipinski definition) is 2. The lowest BCUT2D eigenvalue weighted by molar-refractivity contribution is 0.630. The standard InChI is InChI=1S/C8H7ClFN3.2ClH/c9-4-1-6-7(2-5(4)10)13-8(3-11)12-6;;/h1-2H,3,11H2,(H,12,13);2*1H. The van der Waals surface area contributed by atoms with Crippen LogP contribution in [-0.2, 0) is 6.54 Å². The number of fused-ring (bicyclic) bond motifs is 1. The summed E-state index contributed by atoms with van der Waals surface area (Å²) in [5.41, 5.74) is 6.61. The van der Waals surface area contributed by atoms with E-state index in [-0.39, 0.29) is 29.8 Å². The Balaban J connectivity index is 0.000000980. The number of nitrogens with two attached hydrogens (primary N) is 1. The van der Waals surface area contributed by atoms with Gasteiger partial charge in [0.15, 0.2) is 0 Å². The molecule has 0 fully saturated rings. The Morgan fingerprint density at radius 1 is 1.40 bits per heavy atom. The minimum absolute atomic E-state index is 0. The molecular formula is C8H9Cl3FN3. The van der Waals surface area contributed by atoms with Crippen molar-refractivity contribution in [3.05, 3.63) is 28.8 Å². The molecule has 0 spiro atoms. The number of nitrogens with zero attached hydrogens (tertiary/aromatic N) is 1. The van der Waals surface area contributed by atoms with Crippen LogP contribution in [0.3, 0.4) is 0 Å². The molecule has 15 heavy (non-hydrogen) atoms. The van der Waals surface area contributed by atoms with Crippen molar-refractivity contribution in [3.63, 3.8) is 0 Å². The van der Waals surface area contributed by atoms with Crippen LogP contribution in [0.5, 0.6) is 0 Å². The number of imidazole rings is 1. The molecule has 0 amide bonds. The Bertz CT molecular complexity index is 419. The van der Waals surface area contributed by atoms with Crippen molar-refractivity contribution in [1.82, 2.24) is 9.97 Å². The molecule has 0 saturated heterocycles. The summed E-state index contributed by atoms with van der Waals surface area (Å²) < 4.78 is 13.0. The fourth-order valence-corrected chi connectivity index (χ4v) is 1.31. The second-order valence-electron chi connectivity index (χ2n) is 2.67. The Morgan fingerprint density at radius 2 is 2.07 bits per heavy atom. The average molecular weight is 273 g/mol. The molecule has 0 aliphatic heterocycles. The number of aromatic amines is 1. The fourth-order valence-electron chi connectivity index (χ4n) is 1.15. The molecule has 0 atom stereocenters. The normalized spacial score (nSPS) is 9.53. The van der Waals surface area contributed by atoms with E-state index in [0.29, 0.717) is 23.4 Å². The lowest BCUT2D eigenvalue weighted by Crippen LogP contribution is -1.97. The Morgan fingerprint density at radius 3 is 2.67 bits per heavy atom. The summed E-state index contributed by atoms with van der Waals surface area (Å²) in [7, 11) is 0. The summed E-state index contributed by atoms with van der Waals surface area (Å²) in [6.45, 7) is 0.300. The van der Waals surface area contributed by atoms with E-state index < -0.39 is 5.82 Å². The molecule has 1 aromatic heterocycles. The summed E-state index contributed by atoms with van der Waals surface area (Å²) in [6.07, 6.45) is 0. The SMILES string of the molecule is Cl.Cl.NCc1nc2cc(Cl)c(F)cc2[nH]1. The summed E-state index contributed by atoms with van der Waals surface area (Å²) in [4.78, 5) is 6.98. The highest BCUT2D eigenvalue weighted by molar-refractivity contribution is 6.31. The van der Waals surface area contributed by atoms with Gasteiger partial charge in [0.2, 0.25) is 0 Å². The second-order valence-corrected chi connectivity index (χ2v) is 3.08. The molecule has 0 aliphatic rings. The molecule has 2 rings (SSSR count). The topological polar surface area (TPSA) is 54.7 Å². The van der Waals surface area contributed by atoms with E-state index in [2.05, 4.69) is 9.97 Å². The van der Waals surface area contributed by atoms with E-state index in [4.69, 9.17) is 17.3 Å². The predicted molar refractivity (Wildman–Crippen MR) is 63.4 cm³/mol. The zero-order valence-corrected chi connectivity index (χ0v) is 9.85. The molecule has 84 valence electrons. The highest BCUT2D eigenvalue weighted by atomic mass is 35.5. The highest BCUT2D eigenvalue weighted by Gasteiger charge is 2.06. The Hall–Kier alpha value is -0.550. The van der Waals surface area contributed by atoms with E-state index in [0.717, 1.165) is 0 Å². The van der Waals surface area contributed by atoms with Gasteiger partial charge < -0.3 is 10.7 Å². The van der Waals surface area contributed by atoms with Crippen molar-refractivity contribution in [1.29, 1.82) is 0 Å². The van der Waals surface area contributed by atoms with Crippen molar-refractivity contribution in [2.75, 3.05) is 0 Å². The maximum Gasteiger partial charge on any atom is 0.144 e. The molecule has 0 bridgehead atoms. The predicted octanol–water partition coefficient (Wildman–Crippen LogP) is 2.66. The number of hydrogen-bond donors (Lipinski definition) is 2. The van der Waals surface area contributed by atoms with Crippen LogP contribution < -0.4 is 5.73 Å². The van der Waals surface area contributed by atoms with Gasteiger partial charge in [-0.1, -0.05) is 11.6 Å². The monoisotopic (exact) mass is 271 g/mol. The zero-order chi connectivity index (χ0) is 9.42. The highest BCUT2D eigenvalue weighted by Crippen LogP contribution is 2.20. The minimum atomic E-state index is -0.457. The van der Waals surface area contributed by atoms with Crippen LogP contribution in [0.4, 0.5) is 4.39 Å². The number of nitrogens with one attached hydrogen (secondary N) is 1. The van der Waals surface area contributed by atoms with Gasteiger partial charge in [-0.2, -0.15) is 0 Å². The molecule has 0 aliphatic carbocycles. The van der Waals surface area contributed by atoms with Gasteiger partial charge in [0, 0.05) is 6.07 Å². The number of H-pyrrole nitrogens is 1. The van der Waals surface area contributed by atoms with Gasteiger partial charge >= 0.3 is 0 Å². The van der Waals surface area contributed by atoms with E-state index >= 15 is 0 Å². The third-order valence-electron chi connectivity index (χ3n) is 1.77. The second kappa shape index (κ2) is 5.51. The Labute approximate surface area is 103 Å². The van der Waals surface area contributed by atoms with Crippen molar-refractivity contribution in [2.24, 2.45) is 5.73 Å². The van der Waals surface area contributed by atoms with E-state index in [1.807, 2.05) is 0 Å². The number of rotatable bonds is 1. The lowest BCUT2D eigenvalue weighted by Gasteiger charge is -1.91. The molecule has 0 saturated carbocycles. The van der Waals surface area contributed by atoms with Gasteiger partial charge in [0.05, 0.1) is 22.6 Å². The molecule has 1 aromatic carbocycles. The number of benzene rings is 1. The molecule has 3 N–H and O–H groups in total. The van der Waals surface area contributed by atoms with E-state index in [9.17, 15) is 4.39 Å². The van der Waals surface area contributed by atoms with Crippen molar-refractivity contribution < 1.29 is 4.39 Å². The van der Waals surface area contributed by atoms with Crippen LogP contribution in [-0.4, -0.2) is 9.97 Å². The molecule has 0 radical (unpaired) electrons. The van der Waals surface area contributed by atoms with Crippen LogP contribution in [0.2, 0.25) is 5.02 Å². The first-order valence-corrected chi connectivity index (χ1v) is 4.12. The van der Waals surface area contributed by atoms with Crippen LogP contribution in [0.25, 0.3) is 11.0 Å². The van der Waals surface area contributed by atoms with Crippen molar-refractivity contribution in [2.45, 2.75) is 6.54 Å². The summed E-state index contributed by atoms with van der Waals surface area (Å²) in [5, 5.41) is 0.0718. The molecular weight excluding hydrogens is 263 g/mol. The van der Waals surface area contributed by atoms with Gasteiger partial charge in [-0.05, 0) is 6.07 Å². The van der Waals surface area contributed by atoms with Gasteiger partial charge in [0.25, 0.3) is 0 Å². The van der Waals surface area contributed by atoms with Crippen LogP contribution in [0, 0.1) is 5.82 Å². The largest absolute Gasteiger partial charge is 0.341 e. The van der Waals surface area contributed by atoms with Crippen LogP contribution in [0.1, 0.15) is 5.82 Å². The fraction of sp³-hybridized carbons (Fsp3) is 0.125. The molecule has 0 unspecified atom stereocenters. The van der Waals surface area contributed by atoms with Gasteiger partial charge in [-0.15, -0.1) is 24.8 Å². The minimum Gasteiger partial charge on any atom is -0.341 e. The van der Waals surface area contributed by atoms with Crippen molar-refractivity contribution >= 4 is 47.4 Å². The molecule has 1 heterocycles. The van der Waals surface area contributed by atoms with Gasteiger partial charge in [0.1, 0.15) is 11.6 Å². The lowest BCUT2D eigenvalue weighted by atomic mass is 10.3. The van der Waals surface area contributed by atoms with Gasteiger partial charge in [-0.3, -0.25) is 0 Å². The third-order valence-corrected chi connectivity index (χ3v) is 2.06. The summed E-state index contributed by atoms with van der Waals surface area (Å²) in [5.74, 6) is 0.165.